The summed E-state index contributed by atoms with van der Waals surface area (Å²) in [4.78, 5) is 43.0. The first-order valence-electron chi connectivity index (χ1n) is 14.1. The maximum Gasteiger partial charge on any atom is 0.236 e. The normalized spacial score (nSPS) is 19.7. The van der Waals surface area contributed by atoms with Crippen LogP contribution in [0, 0.1) is 0 Å². The van der Waals surface area contributed by atoms with E-state index in [1.807, 2.05) is 29.2 Å². The fourth-order valence-corrected chi connectivity index (χ4v) is 5.81. The van der Waals surface area contributed by atoms with E-state index < -0.39 is 6.10 Å². The minimum absolute atomic E-state index is 0.0205. The number of nitrogens with zero attached hydrogens (tertiary/aromatic N) is 6. The van der Waals surface area contributed by atoms with Crippen LogP contribution in [0.15, 0.2) is 30.6 Å². The Morgan fingerprint density at radius 1 is 1.12 bits per heavy atom. The molecule has 2 amide bonds. The predicted octanol–water partition coefficient (Wildman–Crippen LogP) is 2.23. The Balaban J connectivity index is 1.49. The van der Waals surface area contributed by atoms with Crippen molar-refractivity contribution >= 4 is 29.2 Å². The van der Waals surface area contributed by atoms with E-state index in [0.717, 1.165) is 22.6 Å². The van der Waals surface area contributed by atoms with Crippen LogP contribution in [0.2, 0.25) is 5.02 Å². The third-order valence-corrected chi connectivity index (χ3v) is 8.46. The number of aliphatic hydroxyl groups is 1. The van der Waals surface area contributed by atoms with Crippen LogP contribution in [0.25, 0.3) is 0 Å². The van der Waals surface area contributed by atoms with Crippen molar-refractivity contribution in [3.8, 4) is 0 Å². The average Bonchev–Trinajstić information content (AvgIpc) is 3.25. The Kier molecular flexibility index (Phi) is 9.99. The number of fused-ring (bicyclic) bond motifs is 1. The third-order valence-electron chi connectivity index (χ3n) is 8.21. The maximum absolute atomic E-state index is 14.1. The highest BCUT2D eigenvalue weighted by Gasteiger charge is 2.35. The molecule has 2 heterocycles. The Labute approximate surface area is 242 Å². The zero-order chi connectivity index (χ0) is 29.0. The van der Waals surface area contributed by atoms with Crippen LogP contribution >= 0.6 is 11.6 Å². The number of nitrogens with two attached hydrogens (primary N) is 1. The molecule has 0 spiro atoms. The van der Waals surface area contributed by atoms with Gasteiger partial charge in [0.15, 0.2) is 0 Å². The molecule has 1 saturated heterocycles. The van der Waals surface area contributed by atoms with Crippen LogP contribution in [0.4, 0.5) is 5.82 Å². The van der Waals surface area contributed by atoms with Gasteiger partial charge in [0, 0.05) is 69.5 Å². The first-order chi connectivity index (χ1) is 19.1. The highest BCUT2D eigenvalue weighted by Crippen LogP contribution is 2.42. The second-order valence-electron chi connectivity index (χ2n) is 11.2. The van der Waals surface area contributed by atoms with E-state index in [-0.39, 0.29) is 36.2 Å². The van der Waals surface area contributed by atoms with Crippen LogP contribution < -0.4 is 10.6 Å². The number of anilines is 1. The Bertz CT molecular complexity index is 1170. The number of hydrogen-bond acceptors (Lipinski definition) is 8. The molecule has 218 valence electrons. The fraction of sp³-hybridized carbons (Fsp3) is 0.586. The zero-order valence-electron chi connectivity index (χ0n) is 24.0. The molecule has 0 bridgehead atoms. The van der Waals surface area contributed by atoms with Gasteiger partial charge < -0.3 is 25.5 Å². The number of likely N-dealkylation sites (N-methyl/N-ethyl adjacent to an activating group) is 1. The molecule has 40 heavy (non-hydrogen) atoms. The van der Waals surface area contributed by atoms with Crippen LogP contribution in [0.3, 0.4) is 0 Å². The highest BCUT2D eigenvalue weighted by atomic mass is 35.5. The smallest absolute Gasteiger partial charge is 0.236 e. The van der Waals surface area contributed by atoms with Crippen molar-refractivity contribution < 1.29 is 14.7 Å². The summed E-state index contributed by atoms with van der Waals surface area (Å²) in [6.45, 7) is 10.4. The second kappa shape index (κ2) is 13.2. The number of halogens is 1. The first kappa shape index (κ1) is 30.2. The van der Waals surface area contributed by atoms with Crippen LogP contribution in [-0.4, -0.2) is 107 Å². The second-order valence-corrected chi connectivity index (χ2v) is 11.6. The molecule has 3 N–H and O–H groups in total. The number of rotatable bonds is 10. The largest absolute Gasteiger partial charge is 0.387 e. The molecule has 1 unspecified atom stereocenters. The minimum atomic E-state index is -0.549. The lowest BCUT2D eigenvalue weighted by Gasteiger charge is -2.39. The summed E-state index contributed by atoms with van der Waals surface area (Å²) in [5.74, 6) is 0.662. The monoisotopic (exact) mass is 571 g/mol. The summed E-state index contributed by atoms with van der Waals surface area (Å²) in [6, 6.07) is 7.70. The fourth-order valence-electron chi connectivity index (χ4n) is 5.69. The van der Waals surface area contributed by atoms with E-state index in [2.05, 4.69) is 40.5 Å². The first-order valence-corrected chi connectivity index (χ1v) is 14.5. The summed E-state index contributed by atoms with van der Waals surface area (Å²) < 4.78 is 0. The van der Waals surface area contributed by atoms with Crippen molar-refractivity contribution in [1.82, 2.24) is 24.7 Å². The van der Waals surface area contributed by atoms with Gasteiger partial charge in [-0.15, -0.1) is 0 Å². The molecule has 1 aromatic carbocycles. The Morgan fingerprint density at radius 3 is 2.42 bits per heavy atom. The molecule has 1 aromatic heterocycles. The number of carbonyl (C=O) groups excluding carboxylic acids is 2. The summed E-state index contributed by atoms with van der Waals surface area (Å²) >= 11 is 6.18. The quantitative estimate of drug-likeness (QED) is 0.446. The summed E-state index contributed by atoms with van der Waals surface area (Å²) in [7, 11) is 1.75. The molecule has 10 nitrogen and oxygen atoms in total. The molecule has 1 aliphatic heterocycles. The van der Waals surface area contributed by atoms with E-state index in [0.29, 0.717) is 57.3 Å². The number of hydrogen-bond donors (Lipinski definition) is 2. The molecule has 2 aliphatic rings. The molecule has 3 atom stereocenters. The molecule has 0 radical (unpaired) electrons. The van der Waals surface area contributed by atoms with Gasteiger partial charge in [-0.3, -0.25) is 14.5 Å². The molecule has 1 aliphatic carbocycles. The van der Waals surface area contributed by atoms with Crippen LogP contribution in [0.1, 0.15) is 62.0 Å². The van der Waals surface area contributed by atoms with Crippen molar-refractivity contribution in [3.05, 3.63) is 52.4 Å². The van der Waals surface area contributed by atoms with Gasteiger partial charge in [0.2, 0.25) is 11.8 Å². The van der Waals surface area contributed by atoms with Gasteiger partial charge in [-0.1, -0.05) is 30.7 Å². The topological polar surface area (TPSA) is 119 Å². The van der Waals surface area contributed by atoms with E-state index in [1.165, 1.54) is 6.33 Å². The molecule has 1 fully saturated rings. The summed E-state index contributed by atoms with van der Waals surface area (Å²) in [5.41, 5.74) is 8.21. The molecule has 2 aromatic rings. The molecular weight excluding hydrogens is 530 g/mol. The molecule has 4 rings (SSSR count). The van der Waals surface area contributed by atoms with E-state index in [4.69, 9.17) is 17.3 Å². The number of benzene rings is 1. The van der Waals surface area contributed by atoms with Gasteiger partial charge in [0.25, 0.3) is 0 Å². The number of aromatic nitrogens is 2. The lowest BCUT2D eigenvalue weighted by atomic mass is 9.95. The van der Waals surface area contributed by atoms with Gasteiger partial charge in [-0.05, 0) is 43.9 Å². The van der Waals surface area contributed by atoms with Gasteiger partial charge in [0.05, 0.1) is 24.3 Å². The van der Waals surface area contributed by atoms with Crippen LogP contribution in [0.5, 0.6) is 0 Å². The van der Waals surface area contributed by atoms with Crippen molar-refractivity contribution in [2.45, 2.75) is 51.2 Å². The van der Waals surface area contributed by atoms with Crippen LogP contribution in [-0.2, 0) is 9.59 Å². The van der Waals surface area contributed by atoms with Crippen molar-refractivity contribution in [1.29, 1.82) is 0 Å². The highest BCUT2D eigenvalue weighted by molar-refractivity contribution is 6.30. The van der Waals surface area contributed by atoms with Crippen molar-refractivity contribution in [2.75, 3.05) is 64.3 Å². The van der Waals surface area contributed by atoms with Crippen molar-refractivity contribution in [3.63, 3.8) is 0 Å². The van der Waals surface area contributed by atoms with Gasteiger partial charge in [-0.25, -0.2) is 9.97 Å². The van der Waals surface area contributed by atoms with Crippen molar-refractivity contribution in [2.24, 2.45) is 5.73 Å². The SMILES string of the molecule is CC(C)N(CCN(C)C(=O)CN)CC(C(=O)N1CCN(c2ncnc3c2[C@H](C)C[C@H]3O)CC1)c1ccc(Cl)cc1. The Morgan fingerprint density at radius 2 is 1.80 bits per heavy atom. The average molecular weight is 572 g/mol. The summed E-state index contributed by atoms with van der Waals surface area (Å²) in [5, 5.41) is 11.0. The molecule has 0 saturated carbocycles. The summed E-state index contributed by atoms with van der Waals surface area (Å²) in [6.07, 6.45) is 1.64. The lowest BCUT2D eigenvalue weighted by molar-refractivity contribution is -0.134. The van der Waals surface area contributed by atoms with E-state index in [1.54, 1.807) is 11.9 Å². The van der Waals surface area contributed by atoms with Gasteiger partial charge in [-0.2, -0.15) is 0 Å². The maximum atomic E-state index is 14.1. The van der Waals surface area contributed by atoms with E-state index >= 15 is 0 Å². The minimum Gasteiger partial charge on any atom is -0.387 e. The Hall–Kier alpha value is -2.79. The zero-order valence-corrected chi connectivity index (χ0v) is 24.7. The van der Waals surface area contributed by atoms with Gasteiger partial charge >= 0.3 is 0 Å². The number of piperazine rings is 1. The number of aliphatic hydroxyl groups excluding tert-OH is 1. The third kappa shape index (κ3) is 6.74. The number of amides is 2. The molecule has 11 heteroatoms. The standard InChI is InChI=1S/C29H42ClN7O3/c1-19(2)37(10-9-34(4)25(39)16-31)17-23(21-5-7-22(30)8-6-21)29(40)36-13-11-35(12-14-36)28-26-20(3)15-24(38)27(26)32-18-33-28/h5-8,18-20,23-24,38H,9-17,31H2,1-4H3/t20-,23?,24-/m1/s1. The predicted molar refractivity (Wildman–Crippen MR) is 156 cm³/mol. The van der Waals surface area contributed by atoms with E-state index in [9.17, 15) is 14.7 Å². The molecular formula is C29H42ClN7O3. The van der Waals surface area contributed by atoms with Gasteiger partial charge in [0.1, 0.15) is 12.1 Å². The number of carbonyl (C=O) groups is 2. The lowest BCUT2D eigenvalue weighted by Crippen LogP contribution is -2.52.